The number of alkyl halides is 3. The molecule has 2 rings (SSSR count). The average molecular weight is 448 g/mol. The van der Waals surface area contributed by atoms with Crippen LogP contribution in [0.25, 0.3) is 0 Å². The third-order valence-electron chi connectivity index (χ3n) is 4.57. The normalized spacial score (nSPS) is 12.7. The van der Waals surface area contributed by atoms with Crippen molar-refractivity contribution in [3.8, 4) is 0 Å². The Bertz CT molecular complexity index is 1020. The monoisotopic (exact) mass is 447 g/mol. The fraction of sp³-hybridized carbons (Fsp3) is 0.350. The standard InChI is InChI=1S/C20H21ClF3NO3S/c1-4-13-8-9-14(10-17(13)21)18(26)25-12-19(2,3)29(27,28)16-7-5-6-15(11-16)20(22,23)24/h5-11H,4,12H2,1-3H3,(H,25,26). The topological polar surface area (TPSA) is 63.2 Å². The smallest absolute Gasteiger partial charge is 0.350 e. The summed E-state index contributed by atoms with van der Waals surface area (Å²) in [5, 5.41) is 2.95. The lowest BCUT2D eigenvalue weighted by molar-refractivity contribution is -0.137. The van der Waals surface area contributed by atoms with Gasteiger partial charge in [-0.1, -0.05) is 30.7 Å². The number of nitrogens with one attached hydrogen (secondary N) is 1. The molecule has 0 aliphatic heterocycles. The molecule has 0 radical (unpaired) electrons. The second-order valence-corrected chi connectivity index (χ2v) is 10.1. The van der Waals surface area contributed by atoms with E-state index in [9.17, 15) is 26.4 Å². The molecule has 0 heterocycles. The molecule has 0 aliphatic rings. The van der Waals surface area contributed by atoms with Crippen LogP contribution in [-0.2, 0) is 22.4 Å². The molecule has 1 N–H and O–H groups in total. The molecule has 0 aliphatic carbocycles. The summed E-state index contributed by atoms with van der Waals surface area (Å²) in [4.78, 5) is 11.9. The van der Waals surface area contributed by atoms with Crippen LogP contribution in [0.4, 0.5) is 13.2 Å². The van der Waals surface area contributed by atoms with Crippen LogP contribution in [0.2, 0.25) is 5.02 Å². The van der Waals surface area contributed by atoms with Gasteiger partial charge in [0.25, 0.3) is 5.91 Å². The van der Waals surface area contributed by atoms with Gasteiger partial charge in [0.15, 0.2) is 9.84 Å². The highest BCUT2D eigenvalue weighted by molar-refractivity contribution is 7.92. The molecule has 158 valence electrons. The van der Waals surface area contributed by atoms with Crippen molar-refractivity contribution < 1.29 is 26.4 Å². The van der Waals surface area contributed by atoms with Crippen molar-refractivity contribution in [3.63, 3.8) is 0 Å². The summed E-state index contributed by atoms with van der Waals surface area (Å²) in [7, 11) is -4.16. The lowest BCUT2D eigenvalue weighted by Gasteiger charge is -2.25. The number of aryl methyl sites for hydroxylation is 1. The number of halogens is 4. The summed E-state index contributed by atoms with van der Waals surface area (Å²) in [6.07, 6.45) is -3.96. The Kier molecular flexibility index (Phi) is 6.69. The van der Waals surface area contributed by atoms with Crippen molar-refractivity contribution in [1.82, 2.24) is 5.32 Å². The van der Waals surface area contributed by atoms with Gasteiger partial charge in [0, 0.05) is 17.1 Å². The van der Waals surface area contributed by atoms with Gasteiger partial charge < -0.3 is 5.32 Å². The number of hydrogen-bond donors (Lipinski definition) is 1. The first-order valence-corrected chi connectivity index (χ1v) is 10.6. The van der Waals surface area contributed by atoms with Crippen molar-refractivity contribution in [2.24, 2.45) is 0 Å². The molecule has 0 spiro atoms. The Hall–Kier alpha value is -2.06. The van der Waals surface area contributed by atoms with E-state index in [1.54, 1.807) is 12.1 Å². The van der Waals surface area contributed by atoms with Gasteiger partial charge in [-0.3, -0.25) is 4.79 Å². The van der Waals surface area contributed by atoms with Gasteiger partial charge in [-0.15, -0.1) is 0 Å². The lowest BCUT2D eigenvalue weighted by atomic mass is 10.1. The zero-order valence-electron chi connectivity index (χ0n) is 16.1. The number of hydrogen-bond acceptors (Lipinski definition) is 3. The molecule has 0 unspecified atom stereocenters. The van der Waals surface area contributed by atoms with E-state index in [-0.39, 0.29) is 12.1 Å². The highest BCUT2D eigenvalue weighted by Gasteiger charge is 2.38. The maximum absolute atomic E-state index is 12.9. The van der Waals surface area contributed by atoms with Crippen LogP contribution < -0.4 is 5.32 Å². The molecule has 0 bridgehead atoms. The maximum Gasteiger partial charge on any atom is 0.416 e. The fourth-order valence-electron chi connectivity index (χ4n) is 2.62. The van der Waals surface area contributed by atoms with Gasteiger partial charge in [-0.2, -0.15) is 13.2 Å². The third-order valence-corrected chi connectivity index (χ3v) is 7.40. The highest BCUT2D eigenvalue weighted by atomic mass is 35.5. The number of carbonyl (C=O) groups excluding carboxylic acids is 1. The van der Waals surface area contributed by atoms with E-state index >= 15 is 0 Å². The number of rotatable bonds is 6. The Morgan fingerprint density at radius 2 is 1.76 bits per heavy atom. The second-order valence-electron chi connectivity index (χ2n) is 7.13. The lowest BCUT2D eigenvalue weighted by Crippen LogP contribution is -2.44. The Balaban J connectivity index is 2.22. The van der Waals surface area contributed by atoms with E-state index in [0.717, 1.165) is 23.8 Å². The van der Waals surface area contributed by atoms with Crippen LogP contribution in [0.15, 0.2) is 47.4 Å². The van der Waals surface area contributed by atoms with E-state index in [4.69, 9.17) is 11.6 Å². The Labute approximate surface area is 173 Å². The third kappa shape index (κ3) is 5.11. The predicted molar refractivity (Wildman–Crippen MR) is 106 cm³/mol. The first kappa shape index (κ1) is 23.2. The van der Waals surface area contributed by atoms with Crippen molar-refractivity contribution in [2.45, 2.75) is 43.0 Å². The van der Waals surface area contributed by atoms with Crippen molar-refractivity contribution >= 4 is 27.3 Å². The average Bonchev–Trinajstić information content (AvgIpc) is 2.65. The minimum atomic E-state index is -4.66. The van der Waals surface area contributed by atoms with Crippen LogP contribution in [0, 0.1) is 0 Å². The molecule has 0 fully saturated rings. The van der Waals surface area contributed by atoms with Gasteiger partial charge in [-0.25, -0.2) is 8.42 Å². The molecule has 0 saturated heterocycles. The van der Waals surface area contributed by atoms with Crippen molar-refractivity contribution in [1.29, 1.82) is 0 Å². The van der Waals surface area contributed by atoms with Crippen molar-refractivity contribution in [3.05, 3.63) is 64.2 Å². The fourth-order valence-corrected chi connectivity index (χ4v) is 4.38. The van der Waals surface area contributed by atoms with Gasteiger partial charge in [0.05, 0.1) is 15.2 Å². The summed E-state index contributed by atoms with van der Waals surface area (Å²) in [6.45, 7) is 4.31. The van der Waals surface area contributed by atoms with E-state index in [0.29, 0.717) is 17.5 Å². The number of sulfone groups is 1. The summed E-state index contributed by atoms with van der Waals surface area (Å²) in [5.41, 5.74) is 0.0826. The second kappa shape index (κ2) is 8.36. The van der Waals surface area contributed by atoms with Crippen LogP contribution in [0.5, 0.6) is 0 Å². The van der Waals surface area contributed by atoms with Crippen LogP contribution in [-0.4, -0.2) is 25.6 Å². The molecule has 9 heteroatoms. The molecule has 0 aromatic heterocycles. The molecular formula is C20H21ClF3NO3S. The van der Waals surface area contributed by atoms with Gasteiger partial charge in [0.2, 0.25) is 0 Å². The van der Waals surface area contributed by atoms with E-state index in [1.807, 2.05) is 6.92 Å². The van der Waals surface area contributed by atoms with Crippen LogP contribution in [0.1, 0.15) is 42.3 Å². The minimum Gasteiger partial charge on any atom is -0.350 e. The van der Waals surface area contributed by atoms with Crippen LogP contribution >= 0.6 is 11.6 Å². The Morgan fingerprint density at radius 1 is 1.10 bits per heavy atom. The van der Waals surface area contributed by atoms with E-state index < -0.39 is 37.1 Å². The molecule has 0 saturated carbocycles. The van der Waals surface area contributed by atoms with E-state index in [2.05, 4.69) is 5.32 Å². The quantitative estimate of drug-likeness (QED) is 0.684. The first-order chi connectivity index (χ1) is 13.3. The SMILES string of the molecule is CCc1ccc(C(=O)NCC(C)(C)S(=O)(=O)c2cccc(C(F)(F)F)c2)cc1Cl. The molecule has 2 aromatic rings. The molecule has 2 aromatic carbocycles. The zero-order chi connectivity index (χ0) is 22.0. The first-order valence-electron chi connectivity index (χ1n) is 8.78. The summed E-state index contributed by atoms with van der Waals surface area (Å²) in [5.74, 6) is -0.526. The van der Waals surface area contributed by atoms with Crippen molar-refractivity contribution in [2.75, 3.05) is 6.54 Å². The number of benzene rings is 2. The Morgan fingerprint density at radius 3 is 2.31 bits per heavy atom. The molecule has 1 amide bonds. The van der Waals surface area contributed by atoms with Gasteiger partial charge >= 0.3 is 6.18 Å². The predicted octanol–water partition coefficient (Wildman–Crippen LogP) is 4.90. The molecular weight excluding hydrogens is 427 g/mol. The van der Waals surface area contributed by atoms with Gasteiger partial charge in [0.1, 0.15) is 0 Å². The molecule has 0 atom stereocenters. The minimum absolute atomic E-state index is 0.263. The summed E-state index contributed by atoms with van der Waals surface area (Å²) in [6, 6.07) is 8.33. The van der Waals surface area contributed by atoms with Crippen LogP contribution in [0.3, 0.4) is 0 Å². The summed E-state index contributed by atoms with van der Waals surface area (Å²) < 4.78 is 63.0. The molecule has 29 heavy (non-hydrogen) atoms. The van der Waals surface area contributed by atoms with Gasteiger partial charge in [-0.05, 0) is 56.2 Å². The maximum atomic E-state index is 12.9. The number of carbonyl (C=O) groups is 1. The number of amides is 1. The molecule has 4 nitrogen and oxygen atoms in total. The summed E-state index contributed by atoms with van der Waals surface area (Å²) >= 11 is 6.10. The highest BCUT2D eigenvalue weighted by Crippen LogP contribution is 2.33. The largest absolute Gasteiger partial charge is 0.416 e. The van der Waals surface area contributed by atoms with E-state index in [1.165, 1.54) is 19.9 Å². The zero-order valence-corrected chi connectivity index (χ0v) is 17.7.